The number of rotatable bonds is 9. The van der Waals surface area contributed by atoms with E-state index in [4.69, 9.17) is 21.3 Å². The molecule has 154 valence electrons. The van der Waals surface area contributed by atoms with Crippen LogP contribution < -0.4 is 0 Å². The lowest BCUT2D eigenvalue weighted by atomic mass is 10.4. The van der Waals surface area contributed by atoms with Crippen LogP contribution in [0.1, 0.15) is 26.5 Å². The van der Waals surface area contributed by atoms with Crippen LogP contribution in [0.5, 0.6) is 0 Å². The van der Waals surface area contributed by atoms with Crippen molar-refractivity contribution < 1.29 is 35.2 Å². The number of alkyl halides is 3. The van der Waals surface area contributed by atoms with Crippen molar-refractivity contribution in [3.63, 3.8) is 0 Å². The monoisotopic (exact) mass is 465 g/mol. The summed E-state index contributed by atoms with van der Waals surface area (Å²) in [5.74, 6) is 0.496. The second kappa shape index (κ2) is 9.71. The van der Waals surface area contributed by atoms with Gasteiger partial charge in [-0.1, -0.05) is 19.1 Å². The van der Waals surface area contributed by atoms with Gasteiger partial charge in [0.2, 0.25) is 0 Å². The molecule has 0 aliphatic heterocycles. The van der Waals surface area contributed by atoms with Crippen molar-refractivity contribution in [3.8, 4) is 0 Å². The fourth-order valence-corrected chi connectivity index (χ4v) is 6.07. The van der Waals surface area contributed by atoms with Crippen LogP contribution in [0.15, 0.2) is 23.6 Å². The van der Waals surface area contributed by atoms with Crippen LogP contribution in [0.3, 0.4) is 0 Å². The molecular weight excluding hydrogens is 446 g/mol. The van der Waals surface area contributed by atoms with E-state index in [2.05, 4.69) is 0 Å². The molecule has 0 atom stereocenters. The van der Waals surface area contributed by atoms with Gasteiger partial charge in [0.05, 0.1) is 28.4 Å². The molecule has 13 heteroatoms. The van der Waals surface area contributed by atoms with E-state index < -0.39 is 23.1 Å². The highest BCUT2D eigenvalue weighted by Crippen LogP contribution is 2.58. The molecule has 6 nitrogen and oxygen atoms in total. The van der Waals surface area contributed by atoms with Crippen LogP contribution in [-0.4, -0.2) is 41.1 Å². The van der Waals surface area contributed by atoms with Crippen molar-refractivity contribution in [2.24, 2.45) is 0 Å². The van der Waals surface area contributed by atoms with Crippen LogP contribution >= 0.6 is 31.6 Å². The highest BCUT2D eigenvalue weighted by atomic mass is 32.2. The van der Waals surface area contributed by atoms with E-state index in [9.17, 15) is 26.2 Å². The fourth-order valence-electron chi connectivity index (χ4n) is 1.93. The van der Waals surface area contributed by atoms with Gasteiger partial charge >= 0.3 is 23.1 Å². The van der Waals surface area contributed by atoms with Crippen molar-refractivity contribution >= 4 is 51.9 Å². The predicted molar refractivity (Wildman–Crippen MR) is 104 cm³/mol. The van der Waals surface area contributed by atoms with E-state index in [0.29, 0.717) is 5.75 Å². The Kier molecular flexibility index (Phi) is 8.77. The third kappa shape index (κ3) is 5.68. The maximum Gasteiger partial charge on any atom is 0.517 e. The maximum absolute atomic E-state index is 13.1. The number of nitrogens with zero attached hydrogens (tertiary/aromatic N) is 1. The van der Waals surface area contributed by atoms with Gasteiger partial charge in [-0.25, -0.2) is 3.97 Å². The van der Waals surface area contributed by atoms with Crippen LogP contribution in [0.25, 0.3) is 6.08 Å². The Morgan fingerprint density at radius 3 is 2.30 bits per heavy atom. The first kappa shape index (κ1) is 24.4. The lowest BCUT2D eigenvalue weighted by Crippen LogP contribution is -2.30. The summed E-state index contributed by atoms with van der Waals surface area (Å²) in [5, 5.41) is -0.162. The van der Waals surface area contributed by atoms with Gasteiger partial charge in [-0.3, -0.25) is 4.57 Å². The van der Waals surface area contributed by atoms with Crippen molar-refractivity contribution in [2.75, 3.05) is 19.0 Å². The van der Waals surface area contributed by atoms with E-state index in [-0.39, 0.29) is 32.4 Å². The molecule has 0 N–H and O–H groups in total. The van der Waals surface area contributed by atoms with Gasteiger partial charge in [0.1, 0.15) is 0 Å². The van der Waals surface area contributed by atoms with Gasteiger partial charge in [-0.2, -0.15) is 21.6 Å². The Labute approximate surface area is 165 Å². The standard InChI is InChI=1S/C14H19F3NO5PS3/c1-4-22-24(19,23-5-2)12(13(25)26-6-3)10-11-8-7-9-18(11)27(20,21)14(15,16)17/h7-10H,4-6H2,1-3H3/b12-10+. The average Bonchev–Trinajstić information content (AvgIpc) is 3.01. The molecule has 0 bridgehead atoms. The molecule has 0 unspecified atom stereocenters. The molecule has 0 amide bonds. The second-order valence-corrected chi connectivity index (χ2v) is 10.5. The molecule has 0 saturated heterocycles. The average molecular weight is 465 g/mol. The molecule has 27 heavy (non-hydrogen) atoms. The Bertz CT molecular complexity index is 838. The normalized spacial score (nSPS) is 13.8. The summed E-state index contributed by atoms with van der Waals surface area (Å²) in [4.78, 5) is 0. The van der Waals surface area contributed by atoms with Crippen molar-refractivity contribution in [2.45, 2.75) is 26.3 Å². The van der Waals surface area contributed by atoms with E-state index in [0.717, 1.165) is 36.2 Å². The summed E-state index contributed by atoms with van der Waals surface area (Å²) in [7, 11) is -9.63. The van der Waals surface area contributed by atoms with Gasteiger partial charge in [0.25, 0.3) is 0 Å². The molecule has 0 fully saturated rings. The van der Waals surface area contributed by atoms with Crippen molar-refractivity contribution in [3.05, 3.63) is 29.3 Å². The van der Waals surface area contributed by atoms with Crippen LogP contribution in [0, 0.1) is 0 Å². The molecule has 1 aromatic heterocycles. The number of thiocarbonyl (C=S) groups is 1. The topological polar surface area (TPSA) is 74.6 Å². The molecule has 1 heterocycles. The predicted octanol–water partition coefficient (Wildman–Crippen LogP) is 4.87. The van der Waals surface area contributed by atoms with E-state index >= 15 is 0 Å². The van der Waals surface area contributed by atoms with Crippen LogP contribution in [-0.2, 0) is 23.6 Å². The molecule has 0 aliphatic rings. The number of hydrogen-bond donors (Lipinski definition) is 0. The third-order valence-electron chi connectivity index (χ3n) is 2.96. The molecule has 0 radical (unpaired) electrons. The van der Waals surface area contributed by atoms with Crippen LogP contribution in [0.2, 0.25) is 0 Å². The lowest BCUT2D eigenvalue weighted by molar-refractivity contribution is -0.0446. The zero-order valence-electron chi connectivity index (χ0n) is 14.7. The van der Waals surface area contributed by atoms with Gasteiger partial charge < -0.3 is 9.05 Å². The molecule has 1 aromatic rings. The number of aromatic nitrogens is 1. The van der Waals surface area contributed by atoms with E-state index in [1.165, 1.54) is 0 Å². The summed E-state index contributed by atoms with van der Waals surface area (Å²) in [5.41, 5.74) is -5.88. The Morgan fingerprint density at radius 2 is 1.85 bits per heavy atom. The summed E-state index contributed by atoms with van der Waals surface area (Å²) in [6, 6.07) is 2.25. The largest absolute Gasteiger partial charge is 0.517 e. The summed E-state index contributed by atoms with van der Waals surface area (Å²) >= 11 is 6.32. The summed E-state index contributed by atoms with van der Waals surface area (Å²) in [6.45, 7) is 4.90. The Morgan fingerprint density at radius 1 is 1.30 bits per heavy atom. The van der Waals surface area contributed by atoms with E-state index in [1.54, 1.807) is 20.8 Å². The quantitative estimate of drug-likeness (QED) is 0.293. The minimum absolute atomic E-state index is 0.00408. The number of hydrogen-bond acceptors (Lipinski definition) is 7. The zero-order valence-corrected chi connectivity index (χ0v) is 18.1. The molecule has 0 aromatic carbocycles. The molecule has 0 aliphatic carbocycles. The number of thioether (sulfide) groups is 1. The maximum atomic E-state index is 13.1. The first-order valence-corrected chi connectivity index (χ1v) is 12.1. The van der Waals surface area contributed by atoms with Gasteiger partial charge in [0, 0.05) is 6.20 Å². The van der Waals surface area contributed by atoms with Crippen molar-refractivity contribution in [1.29, 1.82) is 0 Å². The first-order chi connectivity index (χ1) is 12.4. The van der Waals surface area contributed by atoms with Gasteiger partial charge in [-0.05, 0) is 37.8 Å². The third-order valence-corrected chi connectivity index (χ3v) is 8.18. The molecule has 1 rings (SSSR count). The van der Waals surface area contributed by atoms with Crippen molar-refractivity contribution in [1.82, 2.24) is 3.97 Å². The lowest BCUT2D eigenvalue weighted by Gasteiger charge is -2.20. The fraction of sp³-hybridized carbons (Fsp3) is 0.500. The molecule has 0 saturated carbocycles. The smallest absolute Gasteiger partial charge is 0.305 e. The van der Waals surface area contributed by atoms with Gasteiger partial charge in [-0.15, -0.1) is 11.8 Å². The van der Waals surface area contributed by atoms with Gasteiger partial charge in [0.15, 0.2) is 0 Å². The number of halogens is 3. The minimum atomic E-state index is -5.67. The second-order valence-electron chi connectivity index (χ2n) is 4.76. The first-order valence-electron chi connectivity index (χ1n) is 7.72. The van der Waals surface area contributed by atoms with Crippen LogP contribution in [0.4, 0.5) is 13.2 Å². The summed E-state index contributed by atoms with van der Waals surface area (Å²) in [6.07, 6.45) is 1.74. The SMILES string of the molecule is CCOP(=O)(OCC)/C(=C/c1cccn1S(=O)(=O)C(F)(F)F)C(=S)SCC. The Hall–Kier alpha value is -0.650. The highest BCUT2D eigenvalue weighted by Gasteiger charge is 2.48. The minimum Gasteiger partial charge on any atom is -0.305 e. The zero-order chi connectivity index (χ0) is 20.9. The van der Waals surface area contributed by atoms with E-state index in [1.807, 2.05) is 0 Å². The Balaban J connectivity index is 3.64. The summed E-state index contributed by atoms with van der Waals surface area (Å²) < 4.78 is 85.9. The molecular formula is C14H19F3NO5PS3. The highest BCUT2D eigenvalue weighted by molar-refractivity contribution is 8.24. The molecule has 0 spiro atoms.